The third kappa shape index (κ3) is 8.69. The minimum Gasteiger partial charge on any atom is -0.489 e. The standard InChI is InChI=1S/C4H9O.C4H9.Al.ClH/c1-4(2)3-5;1-4(2)3;;/h4H,3H2,1-2H3;4H,1H2,2-3H3;;1H/q-1;;+2;/p-1. The molecule has 0 aromatic heterocycles. The molecule has 1 nitrogen and oxygen atoms in total. The Bertz CT molecular complexity index is 96.1. The van der Waals surface area contributed by atoms with Crippen molar-refractivity contribution in [3.63, 3.8) is 0 Å². The molecule has 0 atom stereocenters. The molecule has 11 heavy (non-hydrogen) atoms. The molecule has 0 heterocycles. The second kappa shape index (κ2) is 6.32. The van der Waals surface area contributed by atoms with Crippen molar-refractivity contribution >= 4 is 23.6 Å². The third-order valence-electron chi connectivity index (χ3n) is 1.27. The highest BCUT2D eigenvalue weighted by Gasteiger charge is 2.19. The number of rotatable bonds is 5. The van der Waals surface area contributed by atoms with Crippen molar-refractivity contribution in [3.8, 4) is 0 Å². The van der Waals surface area contributed by atoms with Gasteiger partial charge in [-0.2, -0.15) is 0 Å². The lowest BCUT2D eigenvalue weighted by atomic mass is 10.2. The Labute approximate surface area is 79.0 Å². The first-order chi connectivity index (χ1) is 5.02. The second-order valence-electron chi connectivity index (χ2n) is 3.77. The zero-order chi connectivity index (χ0) is 8.85. The summed E-state index contributed by atoms with van der Waals surface area (Å²) in [6.07, 6.45) is 0. The van der Waals surface area contributed by atoms with Gasteiger partial charge in [0.1, 0.15) is 0 Å². The average molecular weight is 193 g/mol. The van der Waals surface area contributed by atoms with Gasteiger partial charge in [0.05, 0.1) is 0 Å². The minimum atomic E-state index is -1.34. The van der Waals surface area contributed by atoms with Gasteiger partial charge in [0.2, 0.25) is 0 Å². The molecule has 0 N–H and O–H groups in total. The second-order valence-corrected chi connectivity index (χ2v) is 6.85. The van der Waals surface area contributed by atoms with Gasteiger partial charge in [-0.25, -0.2) is 10.0 Å². The quantitative estimate of drug-likeness (QED) is 0.609. The predicted octanol–water partition coefficient (Wildman–Crippen LogP) is 3.04. The molecule has 0 bridgehead atoms. The molecule has 0 radical (unpaired) electrons. The summed E-state index contributed by atoms with van der Waals surface area (Å²) in [4.78, 5) is 0. The van der Waals surface area contributed by atoms with Crippen LogP contribution < -0.4 is 0 Å². The highest BCUT2D eigenvalue weighted by Crippen LogP contribution is 2.10. The molecular formula is C8H18AlClO. The normalized spacial score (nSPS) is 11.2. The Hall–Kier alpha value is 0.782. The summed E-state index contributed by atoms with van der Waals surface area (Å²) in [5.41, 5.74) is 0. The Kier molecular flexibility index (Phi) is 6.76. The molecule has 0 rings (SSSR count). The molecule has 66 valence electrons. The summed E-state index contributed by atoms with van der Waals surface area (Å²) in [5.74, 6) is 1.28. The first-order valence-corrected chi connectivity index (χ1v) is 7.31. The SMILES string of the molecule is CC(C)C[O][Al]([Cl])[CH2]C(C)C. The summed E-state index contributed by atoms with van der Waals surface area (Å²) in [7, 11) is 6.04. The highest BCUT2D eigenvalue weighted by atomic mass is 35.6. The summed E-state index contributed by atoms with van der Waals surface area (Å²) < 4.78 is 5.52. The van der Waals surface area contributed by atoms with E-state index in [4.69, 9.17) is 13.8 Å². The molecule has 0 aromatic rings. The highest BCUT2D eigenvalue weighted by molar-refractivity contribution is 7.03. The van der Waals surface area contributed by atoms with E-state index >= 15 is 0 Å². The van der Waals surface area contributed by atoms with Crippen molar-refractivity contribution in [1.29, 1.82) is 0 Å². The Morgan fingerprint density at radius 2 is 1.73 bits per heavy atom. The van der Waals surface area contributed by atoms with Crippen molar-refractivity contribution in [2.75, 3.05) is 6.61 Å². The zero-order valence-corrected chi connectivity index (χ0v) is 9.84. The average Bonchev–Trinajstić information content (AvgIpc) is 1.82. The van der Waals surface area contributed by atoms with E-state index in [-0.39, 0.29) is 0 Å². The van der Waals surface area contributed by atoms with Crippen LogP contribution in [0, 0.1) is 11.8 Å². The van der Waals surface area contributed by atoms with Crippen LogP contribution in [0.1, 0.15) is 27.7 Å². The maximum Gasteiger partial charge on any atom is 0.591 e. The summed E-state index contributed by atoms with van der Waals surface area (Å²) in [6, 6.07) is 0. The topological polar surface area (TPSA) is 9.23 Å². The fraction of sp³-hybridized carbons (Fsp3) is 1.00. The van der Waals surface area contributed by atoms with Crippen LogP contribution in [-0.4, -0.2) is 20.2 Å². The number of hydrogen-bond acceptors (Lipinski definition) is 1. The van der Waals surface area contributed by atoms with Crippen LogP contribution in [0.5, 0.6) is 0 Å². The lowest BCUT2D eigenvalue weighted by Gasteiger charge is -2.10. The molecule has 0 aliphatic rings. The van der Waals surface area contributed by atoms with E-state index in [1.165, 1.54) is 0 Å². The minimum absolute atomic E-state index is 0.607. The summed E-state index contributed by atoms with van der Waals surface area (Å²) >= 11 is -1.34. The monoisotopic (exact) mass is 192 g/mol. The van der Waals surface area contributed by atoms with Crippen LogP contribution in [0.25, 0.3) is 0 Å². The van der Waals surface area contributed by atoms with Gasteiger partial charge >= 0.3 is 13.6 Å². The van der Waals surface area contributed by atoms with Crippen LogP contribution in [0.2, 0.25) is 5.28 Å². The van der Waals surface area contributed by atoms with E-state index < -0.39 is 13.6 Å². The molecule has 0 aromatic carbocycles. The lowest BCUT2D eigenvalue weighted by molar-refractivity contribution is 0.277. The Morgan fingerprint density at radius 1 is 1.18 bits per heavy atom. The zero-order valence-electron chi connectivity index (χ0n) is 7.93. The fourth-order valence-electron chi connectivity index (χ4n) is 0.736. The van der Waals surface area contributed by atoms with Gasteiger partial charge in [-0.3, -0.25) is 0 Å². The van der Waals surface area contributed by atoms with Crippen LogP contribution >= 0.6 is 10.0 Å². The predicted molar refractivity (Wildman–Crippen MR) is 52.0 cm³/mol. The van der Waals surface area contributed by atoms with Crippen LogP contribution in [0.15, 0.2) is 0 Å². The van der Waals surface area contributed by atoms with Crippen molar-refractivity contribution in [2.24, 2.45) is 11.8 Å². The van der Waals surface area contributed by atoms with Crippen molar-refractivity contribution < 1.29 is 3.79 Å². The van der Waals surface area contributed by atoms with Gasteiger partial charge in [-0.1, -0.05) is 38.9 Å². The van der Waals surface area contributed by atoms with E-state index in [1.54, 1.807) is 0 Å². The molecule has 0 amide bonds. The lowest BCUT2D eigenvalue weighted by Crippen LogP contribution is -2.16. The molecular weight excluding hydrogens is 175 g/mol. The van der Waals surface area contributed by atoms with Gasteiger partial charge in [0.25, 0.3) is 0 Å². The van der Waals surface area contributed by atoms with E-state index in [2.05, 4.69) is 27.7 Å². The molecule has 3 heteroatoms. The van der Waals surface area contributed by atoms with E-state index in [0.717, 1.165) is 11.9 Å². The van der Waals surface area contributed by atoms with Gasteiger partial charge in [-0.15, -0.1) is 0 Å². The Morgan fingerprint density at radius 3 is 2.09 bits per heavy atom. The van der Waals surface area contributed by atoms with E-state index in [1.807, 2.05) is 0 Å². The van der Waals surface area contributed by atoms with Crippen molar-refractivity contribution in [2.45, 2.75) is 33.0 Å². The smallest absolute Gasteiger partial charge is 0.489 e. The number of hydrogen-bond donors (Lipinski definition) is 0. The fourth-order valence-corrected chi connectivity index (χ4v) is 3.49. The third-order valence-corrected chi connectivity index (χ3v) is 4.05. The molecule has 0 saturated heterocycles. The van der Waals surface area contributed by atoms with E-state index in [9.17, 15) is 0 Å². The van der Waals surface area contributed by atoms with Crippen LogP contribution in [0.4, 0.5) is 0 Å². The van der Waals surface area contributed by atoms with E-state index in [0.29, 0.717) is 11.8 Å². The van der Waals surface area contributed by atoms with Gasteiger partial charge in [0.15, 0.2) is 0 Å². The molecule has 0 spiro atoms. The van der Waals surface area contributed by atoms with Crippen LogP contribution in [-0.2, 0) is 3.79 Å². The number of halogens is 1. The molecule has 0 unspecified atom stereocenters. The molecule has 0 saturated carbocycles. The summed E-state index contributed by atoms with van der Waals surface area (Å²) in [6.45, 7) is 9.48. The maximum atomic E-state index is 6.04. The van der Waals surface area contributed by atoms with Crippen molar-refractivity contribution in [3.05, 3.63) is 0 Å². The molecule has 0 fully saturated rings. The Balaban J connectivity index is 3.29. The van der Waals surface area contributed by atoms with Crippen LogP contribution in [0.3, 0.4) is 0 Å². The van der Waals surface area contributed by atoms with Crippen molar-refractivity contribution in [1.82, 2.24) is 0 Å². The largest absolute Gasteiger partial charge is 0.591 e. The first kappa shape index (κ1) is 11.8. The van der Waals surface area contributed by atoms with Gasteiger partial charge < -0.3 is 3.79 Å². The van der Waals surface area contributed by atoms with Gasteiger partial charge in [-0.05, 0) is 5.92 Å². The maximum absolute atomic E-state index is 6.04. The first-order valence-electron chi connectivity index (χ1n) is 4.28. The van der Waals surface area contributed by atoms with Gasteiger partial charge in [0, 0.05) is 6.61 Å². The summed E-state index contributed by atoms with van der Waals surface area (Å²) in [5, 5.41) is 1.08. The molecule has 0 aliphatic carbocycles. The molecule has 0 aliphatic heterocycles.